The Hall–Kier alpha value is -1.15. The van der Waals surface area contributed by atoms with Crippen molar-refractivity contribution in [2.45, 2.75) is 51.9 Å². The standard InChI is InChI=1S/C18H27NO/c1-18(2,3)15-10-8-13(9-11-15)17(20)16-7-5-4-6-14(16)12-19/h8-11,14,16H,4-7,12,19H2,1-3H3. The second-order valence-electron chi connectivity index (χ2n) is 7.08. The van der Waals surface area contributed by atoms with Gasteiger partial charge >= 0.3 is 0 Å². The third-order valence-corrected chi connectivity index (χ3v) is 4.58. The van der Waals surface area contributed by atoms with Crippen LogP contribution in [0.15, 0.2) is 24.3 Å². The summed E-state index contributed by atoms with van der Waals surface area (Å²) in [7, 11) is 0. The fourth-order valence-electron chi connectivity index (χ4n) is 3.18. The lowest BCUT2D eigenvalue weighted by atomic mass is 9.75. The van der Waals surface area contributed by atoms with Crippen LogP contribution in [0.3, 0.4) is 0 Å². The van der Waals surface area contributed by atoms with Crippen molar-refractivity contribution in [1.29, 1.82) is 0 Å². The summed E-state index contributed by atoms with van der Waals surface area (Å²) in [6, 6.07) is 8.16. The van der Waals surface area contributed by atoms with Gasteiger partial charge in [0.15, 0.2) is 5.78 Å². The van der Waals surface area contributed by atoms with E-state index in [4.69, 9.17) is 5.73 Å². The van der Waals surface area contributed by atoms with E-state index in [2.05, 4.69) is 32.9 Å². The van der Waals surface area contributed by atoms with Crippen LogP contribution in [0.2, 0.25) is 0 Å². The number of ketones is 1. The van der Waals surface area contributed by atoms with Crippen molar-refractivity contribution >= 4 is 5.78 Å². The lowest BCUT2D eigenvalue weighted by Gasteiger charge is -2.29. The largest absolute Gasteiger partial charge is 0.330 e. The first-order valence-electron chi connectivity index (χ1n) is 7.78. The van der Waals surface area contributed by atoms with Crippen molar-refractivity contribution in [3.05, 3.63) is 35.4 Å². The quantitative estimate of drug-likeness (QED) is 0.848. The number of hydrogen-bond donors (Lipinski definition) is 1. The zero-order valence-electron chi connectivity index (χ0n) is 13.0. The molecule has 0 bridgehead atoms. The van der Waals surface area contributed by atoms with Gasteiger partial charge in [-0.05, 0) is 36.3 Å². The maximum Gasteiger partial charge on any atom is 0.166 e. The monoisotopic (exact) mass is 273 g/mol. The van der Waals surface area contributed by atoms with Crippen LogP contribution >= 0.6 is 0 Å². The van der Waals surface area contributed by atoms with Gasteiger partial charge in [0.1, 0.15) is 0 Å². The molecule has 0 heterocycles. The van der Waals surface area contributed by atoms with Gasteiger partial charge in [0.05, 0.1) is 0 Å². The maximum absolute atomic E-state index is 12.7. The Kier molecular flexibility index (Phi) is 4.64. The fourth-order valence-corrected chi connectivity index (χ4v) is 3.18. The Labute approximate surface area is 122 Å². The van der Waals surface area contributed by atoms with E-state index in [1.165, 1.54) is 12.0 Å². The Balaban J connectivity index is 2.16. The Morgan fingerprint density at radius 2 is 1.75 bits per heavy atom. The highest BCUT2D eigenvalue weighted by Crippen LogP contribution is 2.32. The highest BCUT2D eigenvalue weighted by atomic mass is 16.1. The average Bonchev–Trinajstić information content (AvgIpc) is 2.45. The second-order valence-corrected chi connectivity index (χ2v) is 7.08. The Morgan fingerprint density at radius 3 is 2.30 bits per heavy atom. The number of rotatable bonds is 3. The van der Waals surface area contributed by atoms with Crippen LogP contribution in [0.5, 0.6) is 0 Å². The molecule has 0 amide bonds. The smallest absolute Gasteiger partial charge is 0.166 e. The van der Waals surface area contributed by atoms with Gasteiger partial charge in [0, 0.05) is 11.5 Å². The topological polar surface area (TPSA) is 43.1 Å². The molecule has 1 aliphatic rings. The summed E-state index contributed by atoms with van der Waals surface area (Å²) in [6.45, 7) is 7.21. The lowest BCUT2D eigenvalue weighted by Crippen LogP contribution is -2.32. The molecule has 0 spiro atoms. The molecule has 0 aliphatic heterocycles. The van der Waals surface area contributed by atoms with Crippen molar-refractivity contribution in [2.24, 2.45) is 17.6 Å². The van der Waals surface area contributed by atoms with Gasteiger partial charge < -0.3 is 5.73 Å². The lowest BCUT2D eigenvalue weighted by molar-refractivity contribution is 0.0829. The molecule has 2 heteroatoms. The molecule has 1 aliphatic carbocycles. The SMILES string of the molecule is CC(C)(C)c1ccc(C(=O)C2CCCCC2CN)cc1. The zero-order chi connectivity index (χ0) is 14.8. The molecular weight excluding hydrogens is 246 g/mol. The summed E-state index contributed by atoms with van der Waals surface area (Å²) in [5.41, 5.74) is 8.09. The number of hydrogen-bond acceptors (Lipinski definition) is 2. The summed E-state index contributed by atoms with van der Waals surface area (Å²) in [6.07, 6.45) is 4.48. The third-order valence-electron chi connectivity index (χ3n) is 4.58. The molecule has 0 aromatic heterocycles. The minimum atomic E-state index is 0.131. The molecular formula is C18H27NO. The van der Waals surface area contributed by atoms with E-state index in [1.54, 1.807) is 0 Å². The third kappa shape index (κ3) is 3.29. The molecule has 2 N–H and O–H groups in total. The summed E-state index contributed by atoms with van der Waals surface area (Å²) in [5, 5.41) is 0. The van der Waals surface area contributed by atoms with Crippen LogP contribution in [0.25, 0.3) is 0 Å². The molecule has 110 valence electrons. The highest BCUT2D eigenvalue weighted by Gasteiger charge is 2.30. The van der Waals surface area contributed by atoms with Gasteiger partial charge in [-0.3, -0.25) is 4.79 Å². The fraction of sp³-hybridized carbons (Fsp3) is 0.611. The molecule has 2 atom stereocenters. The van der Waals surface area contributed by atoms with Gasteiger partial charge in [-0.25, -0.2) is 0 Å². The summed E-state index contributed by atoms with van der Waals surface area (Å²) in [4.78, 5) is 12.7. The van der Waals surface area contributed by atoms with Gasteiger partial charge in [-0.1, -0.05) is 57.9 Å². The van der Waals surface area contributed by atoms with Crippen LogP contribution in [0, 0.1) is 11.8 Å². The number of carbonyl (C=O) groups is 1. The molecule has 2 unspecified atom stereocenters. The molecule has 0 saturated heterocycles. The van der Waals surface area contributed by atoms with Gasteiger partial charge in [0.2, 0.25) is 0 Å². The predicted molar refractivity (Wildman–Crippen MR) is 84.0 cm³/mol. The number of nitrogens with two attached hydrogens (primary N) is 1. The van der Waals surface area contributed by atoms with Crippen molar-refractivity contribution in [3.63, 3.8) is 0 Å². The summed E-state index contributed by atoms with van der Waals surface area (Å²) >= 11 is 0. The van der Waals surface area contributed by atoms with Gasteiger partial charge in [-0.15, -0.1) is 0 Å². The van der Waals surface area contributed by atoms with Gasteiger partial charge in [-0.2, -0.15) is 0 Å². The van der Waals surface area contributed by atoms with E-state index in [1.807, 2.05) is 12.1 Å². The first kappa shape index (κ1) is 15.2. The maximum atomic E-state index is 12.7. The van der Waals surface area contributed by atoms with Crippen molar-refractivity contribution in [1.82, 2.24) is 0 Å². The molecule has 2 rings (SSSR count). The first-order chi connectivity index (χ1) is 9.43. The molecule has 1 saturated carbocycles. The molecule has 1 fully saturated rings. The average molecular weight is 273 g/mol. The van der Waals surface area contributed by atoms with Crippen LogP contribution in [0.4, 0.5) is 0 Å². The minimum absolute atomic E-state index is 0.131. The van der Waals surface area contributed by atoms with E-state index in [0.717, 1.165) is 24.8 Å². The number of carbonyl (C=O) groups excluding carboxylic acids is 1. The van der Waals surface area contributed by atoms with E-state index < -0.39 is 0 Å². The van der Waals surface area contributed by atoms with Crippen LogP contribution < -0.4 is 5.73 Å². The van der Waals surface area contributed by atoms with Crippen LogP contribution in [-0.4, -0.2) is 12.3 Å². The highest BCUT2D eigenvalue weighted by molar-refractivity contribution is 5.98. The zero-order valence-corrected chi connectivity index (χ0v) is 13.0. The Morgan fingerprint density at radius 1 is 1.15 bits per heavy atom. The van der Waals surface area contributed by atoms with E-state index in [9.17, 15) is 4.79 Å². The second kappa shape index (κ2) is 6.09. The van der Waals surface area contributed by atoms with E-state index in [-0.39, 0.29) is 11.3 Å². The molecule has 2 nitrogen and oxygen atoms in total. The van der Waals surface area contributed by atoms with Crippen molar-refractivity contribution in [3.8, 4) is 0 Å². The predicted octanol–water partition coefficient (Wildman–Crippen LogP) is 3.93. The summed E-state index contributed by atoms with van der Waals surface area (Å²) in [5.74, 6) is 0.799. The van der Waals surface area contributed by atoms with E-state index in [0.29, 0.717) is 18.2 Å². The van der Waals surface area contributed by atoms with Gasteiger partial charge in [0.25, 0.3) is 0 Å². The first-order valence-corrected chi connectivity index (χ1v) is 7.78. The minimum Gasteiger partial charge on any atom is -0.330 e. The van der Waals surface area contributed by atoms with Crippen molar-refractivity contribution < 1.29 is 4.79 Å². The van der Waals surface area contributed by atoms with Crippen molar-refractivity contribution in [2.75, 3.05) is 6.54 Å². The molecule has 1 aromatic rings. The Bertz CT molecular complexity index is 455. The number of Topliss-reactive ketones (excluding diaryl/α,β-unsaturated/α-hetero) is 1. The molecule has 0 radical (unpaired) electrons. The van der Waals surface area contributed by atoms with Crippen LogP contribution in [0.1, 0.15) is 62.4 Å². The summed E-state index contributed by atoms with van der Waals surface area (Å²) < 4.78 is 0. The van der Waals surface area contributed by atoms with E-state index >= 15 is 0 Å². The molecule has 20 heavy (non-hydrogen) atoms. The number of benzene rings is 1. The van der Waals surface area contributed by atoms with Crippen LogP contribution in [-0.2, 0) is 5.41 Å². The normalized spacial score (nSPS) is 23.6. The molecule has 1 aromatic carbocycles.